The average molecular weight is 380 g/mol. The number of methoxy groups -OCH3 is 1. The molecule has 0 aliphatic heterocycles. The molecule has 0 fully saturated rings. The zero-order valence-electron chi connectivity index (χ0n) is 15.5. The molecule has 7 heteroatoms. The number of nitrogens with zero attached hydrogens (tertiary/aromatic N) is 1. The van der Waals surface area contributed by atoms with Crippen LogP contribution in [0.1, 0.15) is 13.3 Å². The normalized spacial score (nSPS) is 11.6. The van der Waals surface area contributed by atoms with Gasteiger partial charge in [0.25, 0.3) is 11.6 Å². The summed E-state index contributed by atoms with van der Waals surface area (Å²) >= 11 is 0. The Morgan fingerprint density at radius 1 is 1.11 bits per heavy atom. The molecular weight excluding hydrogens is 360 g/mol. The Hall–Kier alpha value is -3.61. The molecule has 1 atom stereocenters. The number of carbonyl (C=O) groups excluding carboxylic acids is 1. The van der Waals surface area contributed by atoms with Gasteiger partial charge in [0.05, 0.1) is 17.7 Å². The highest BCUT2D eigenvalue weighted by Gasteiger charge is 2.21. The first kappa shape index (κ1) is 19.2. The zero-order chi connectivity index (χ0) is 20.1. The summed E-state index contributed by atoms with van der Waals surface area (Å²) in [5.74, 6) is 0.501. The molecule has 7 nitrogen and oxygen atoms in total. The van der Waals surface area contributed by atoms with Crippen molar-refractivity contribution in [2.24, 2.45) is 0 Å². The fourth-order valence-corrected chi connectivity index (χ4v) is 2.85. The molecule has 1 amide bonds. The standard InChI is InChI=1S/C21H20N2O5/c1-3-19(28-17-10-8-14-6-4-5-7-15(14)12-17)21(24)22-18-13-16(23(25)26)9-11-20(18)27-2/h4-13,19H,3H2,1-2H3,(H,22,24)/t19-/m1/s1. The first-order chi connectivity index (χ1) is 13.5. The molecule has 1 N–H and O–H groups in total. The molecule has 0 bridgehead atoms. The van der Waals surface area contributed by atoms with Gasteiger partial charge in [0, 0.05) is 12.1 Å². The Kier molecular flexibility index (Phi) is 5.74. The summed E-state index contributed by atoms with van der Waals surface area (Å²) < 4.78 is 11.1. The quantitative estimate of drug-likeness (QED) is 0.479. The number of amides is 1. The number of nitro groups is 1. The van der Waals surface area contributed by atoms with Crippen molar-refractivity contribution in [1.29, 1.82) is 0 Å². The van der Waals surface area contributed by atoms with Crippen LogP contribution >= 0.6 is 0 Å². The number of rotatable bonds is 7. The van der Waals surface area contributed by atoms with E-state index in [4.69, 9.17) is 9.47 Å². The summed E-state index contributed by atoms with van der Waals surface area (Å²) in [7, 11) is 1.43. The third kappa shape index (κ3) is 4.20. The largest absolute Gasteiger partial charge is 0.495 e. The Morgan fingerprint density at radius 3 is 2.54 bits per heavy atom. The molecular formula is C21H20N2O5. The molecule has 28 heavy (non-hydrogen) atoms. The molecule has 0 saturated carbocycles. The maximum atomic E-state index is 12.7. The van der Waals surface area contributed by atoms with Gasteiger partial charge in [-0.15, -0.1) is 0 Å². The summed E-state index contributed by atoms with van der Waals surface area (Å²) in [4.78, 5) is 23.2. The van der Waals surface area contributed by atoms with E-state index in [0.29, 0.717) is 17.9 Å². The Balaban J connectivity index is 1.79. The van der Waals surface area contributed by atoms with Gasteiger partial charge in [-0.05, 0) is 35.4 Å². The third-order valence-corrected chi connectivity index (χ3v) is 4.31. The molecule has 0 unspecified atom stereocenters. The Morgan fingerprint density at radius 2 is 1.86 bits per heavy atom. The van der Waals surface area contributed by atoms with E-state index in [1.54, 1.807) is 0 Å². The maximum absolute atomic E-state index is 12.7. The minimum absolute atomic E-state index is 0.139. The number of fused-ring (bicyclic) bond motifs is 1. The number of nitrogens with one attached hydrogen (secondary N) is 1. The van der Waals surface area contributed by atoms with Gasteiger partial charge < -0.3 is 14.8 Å². The Bertz CT molecular complexity index is 1020. The highest BCUT2D eigenvalue weighted by molar-refractivity contribution is 5.96. The van der Waals surface area contributed by atoms with Crippen LogP contribution in [0.15, 0.2) is 60.7 Å². The molecule has 0 saturated heterocycles. The number of benzene rings is 3. The van der Waals surface area contributed by atoms with Crippen LogP contribution < -0.4 is 14.8 Å². The maximum Gasteiger partial charge on any atom is 0.271 e. The van der Waals surface area contributed by atoms with Crippen molar-refractivity contribution >= 4 is 28.1 Å². The van der Waals surface area contributed by atoms with Crippen LogP contribution in [0.3, 0.4) is 0 Å². The highest BCUT2D eigenvalue weighted by Crippen LogP contribution is 2.29. The minimum Gasteiger partial charge on any atom is -0.495 e. The topological polar surface area (TPSA) is 90.7 Å². The van der Waals surface area contributed by atoms with Crippen LogP contribution in [0.4, 0.5) is 11.4 Å². The minimum atomic E-state index is -0.759. The van der Waals surface area contributed by atoms with Gasteiger partial charge in [0.15, 0.2) is 6.10 Å². The van der Waals surface area contributed by atoms with Crippen molar-refractivity contribution in [3.8, 4) is 11.5 Å². The molecule has 3 aromatic carbocycles. The van der Waals surface area contributed by atoms with Crippen LogP contribution in [0.25, 0.3) is 10.8 Å². The first-order valence-corrected chi connectivity index (χ1v) is 8.80. The molecule has 0 aliphatic carbocycles. The molecule has 0 spiro atoms. The van der Waals surface area contributed by atoms with Crippen molar-refractivity contribution in [2.45, 2.75) is 19.4 Å². The number of hydrogen-bond acceptors (Lipinski definition) is 5. The second kappa shape index (κ2) is 8.39. The van der Waals surface area contributed by atoms with Crippen molar-refractivity contribution in [1.82, 2.24) is 0 Å². The van der Waals surface area contributed by atoms with Crippen molar-refractivity contribution in [2.75, 3.05) is 12.4 Å². The van der Waals surface area contributed by atoms with E-state index in [-0.39, 0.29) is 11.4 Å². The van der Waals surface area contributed by atoms with Crippen LogP contribution in [0.5, 0.6) is 11.5 Å². The van der Waals surface area contributed by atoms with Gasteiger partial charge in [0.2, 0.25) is 0 Å². The van der Waals surface area contributed by atoms with Gasteiger partial charge in [-0.25, -0.2) is 0 Å². The summed E-state index contributed by atoms with van der Waals surface area (Å²) in [6, 6.07) is 17.5. The zero-order valence-corrected chi connectivity index (χ0v) is 15.5. The van der Waals surface area contributed by atoms with E-state index in [1.807, 2.05) is 49.4 Å². The first-order valence-electron chi connectivity index (χ1n) is 8.80. The number of nitro benzene ring substituents is 1. The van der Waals surface area contributed by atoms with Gasteiger partial charge >= 0.3 is 0 Å². The SMILES string of the molecule is CC[C@@H](Oc1ccc2ccccc2c1)C(=O)Nc1cc([N+](=O)[O-])ccc1OC. The second-order valence-corrected chi connectivity index (χ2v) is 6.15. The smallest absolute Gasteiger partial charge is 0.271 e. The fourth-order valence-electron chi connectivity index (χ4n) is 2.85. The fraction of sp³-hybridized carbons (Fsp3) is 0.190. The predicted molar refractivity (Wildman–Crippen MR) is 107 cm³/mol. The molecule has 0 aliphatic rings. The molecule has 3 rings (SSSR count). The van der Waals surface area contributed by atoms with Gasteiger partial charge in [-0.2, -0.15) is 0 Å². The van der Waals surface area contributed by atoms with E-state index in [0.717, 1.165) is 10.8 Å². The average Bonchev–Trinajstić information content (AvgIpc) is 2.71. The van der Waals surface area contributed by atoms with Gasteiger partial charge in [-0.3, -0.25) is 14.9 Å². The number of hydrogen-bond donors (Lipinski definition) is 1. The molecule has 0 heterocycles. The van der Waals surface area contributed by atoms with Crippen molar-refractivity contribution in [3.05, 3.63) is 70.8 Å². The summed E-state index contributed by atoms with van der Waals surface area (Å²) in [5, 5.41) is 15.8. The molecule has 0 aromatic heterocycles. The van der Waals surface area contributed by atoms with Gasteiger partial charge in [0.1, 0.15) is 11.5 Å². The lowest BCUT2D eigenvalue weighted by Crippen LogP contribution is -2.32. The van der Waals surface area contributed by atoms with Crippen molar-refractivity contribution in [3.63, 3.8) is 0 Å². The van der Waals surface area contributed by atoms with Crippen LogP contribution in [0, 0.1) is 10.1 Å². The second-order valence-electron chi connectivity index (χ2n) is 6.15. The van der Waals surface area contributed by atoms with E-state index < -0.39 is 16.9 Å². The lowest BCUT2D eigenvalue weighted by molar-refractivity contribution is -0.384. The lowest BCUT2D eigenvalue weighted by atomic mass is 10.1. The van der Waals surface area contributed by atoms with Crippen LogP contribution in [0.2, 0.25) is 0 Å². The molecule has 3 aromatic rings. The van der Waals surface area contributed by atoms with E-state index >= 15 is 0 Å². The predicted octanol–water partition coefficient (Wildman–Crippen LogP) is 4.55. The monoisotopic (exact) mass is 380 g/mol. The third-order valence-electron chi connectivity index (χ3n) is 4.31. The molecule has 0 radical (unpaired) electrons. The highest BCUT2D eigenvalue weighted by atomic mass is 16.6. The Labute approximate surface area is 162 Å². The number of carbonyl (C=O) groups is 1. The van der Waals surface area contributed by atoms with E-state index in [1.165, 1.54) is 25.3 Å². The lowest BCUT2D eigenvalue weighted by Gasteiger charge is -2.18. The van der Waals surface area contributed by atoms with E-state index in [2.05, 4.69) is 5.32 Å². The summed E-state index contributed by atoms with van der Waals surface area (Å²) in [6.07, 6.45) is -0.333. The number of anilines is 1. The number of ether oxygens (including phenoxy) is 2. The van der Waals surface area contributed by atoms with Crippen molar-refractivity contribution < 1.29 is 19.2 Å². The van der Waals surface area contributed by atoms with Crippen LogP contribution in [-0.2, 0) is 4.79 Å². The van der Waals surface area contributed by atoms with E-state index in [9.17, 15) is 14.9 Å². The summed E-state index contributed by atoms with van der Waals surface area (Å²) in [5.41, 5.74) is 0.0851. The number of non-ortho nitro benzene ring substituents is 1. The van der Waals surface area contributed by atoms with Gasteiger partial charge in [-0.1, -0.05) is 37.3 Å². The summed E-state index contributed by atoms with van der Waals surface area (Å²) in [6.45, 7) is 1.83. The molecule has 144 valence electrons. The van der Waals surface area contributed by atoms with Crippen LogP contribution in [-0.4, -0.2) is 24.0 Å².